The van der Waals surface area contributed by atoms with Crippen molar-refractivity contribution in [1.82, 2.24) is 4.90 Å². The van der Waals surface area contributed by atoms with Gasteiger partial charge < -0.3 is 14.8 Å². The van der Waals surface area contributed by atoms with Crippen molar-refractivity contribution in [2.75, 3.05) is 31.6 Å². The molecule has 1 N–H and O–H groups in total. The van der Waals surface area contributed by atoms with Gasteiger partial charge in [0.1, 0.15) is 5.00 Å². The van der Waals surface area contributed by atoms with E-state index in [1.165, 1.54) is 16.2 Å². The fraction of sp³-hybridized carbons (Fsp3) is 0.696. The molecule has 31 heavy (non-hydrogen) atoms. The summed E-state index contributed by atoms with van der Waals surface area (Å²) in [4.78, 5) is 41.1. The Morgan fingerprint density at radius 1 is 1.19 bits per heavy atom. The van der Waals surface area contributed by atoms with Gasteiger partial charge in [0.2, 0.25) is 5.91 Å². The monoisotopic (exact) mass is 450 g/mol. The van der Waals surface area contributed by atoms with Crippen LogP contribution < -0.4 is 5.32 Å². The van der Waals surface area contributed by atoms with Crippen molar-refractivity contribution >= 4 is 34.2 Å². The zero-order valence-corrected chi connectivity index (χ0v) is 19.8. The lowest BCUT2D eigenvalue weighted by Gasteiger charge is -2.35. The first-order chi connectivity index (χ1) is 14.8. The summed E-state index contributed by atoms with van der Waals surface area (Å²) in [6.07, 6.45) is 4.42. The van der Waals surface area contributed by atoms with Crippen LogP contribution in [0.1, 0.15) is 67.8 Å². The lowest BCUT2D eigenvalue weighted by molar-refractivity contribution is -0.150. The van der Waals surface area contributed by atoms with Gasteiger partial charge >= 0.3 is 11.9 Å². The van der Waals surface area contributed by atoms with Gasteiger partial charge in [-0.2, -0.15) is 0 Å². The Morgan fingerprint density at radius 2 is 1.94 bits per heavy atom. The van der Waals surface area contributed by atoms with Gasteiger partial charge in [-0.25, -0.2) is 4.79 Å². The van der Waals surface area contributed by atoms with E-state index in [0.717, 1.165) is 44.2 Å². The molecule has 1 aromatic heterocycles. The van der Waals surface area contributed by atoms with Crippen molar-refractivity contribution in [3.8, 4) is 0 Å². The second-order valence-corrected chi connectivity index (χ2v) is 9.63. The van der Waals surface area contributed by atoms with Gasteiger partial charge in [-0.05, 0) is 70.9 Å². The van der Waals surface area contributed by atoms with Crippen LogP contribution in [-0.2, 0) is 31.9 Å². The molecule has 1 saturated heterocycles. The SMILES string of the molecule is CCOC(=O)c1c(NC(=O)[C@H](C)N2CCC[C@H](C(=O)OCC)C2)sc2c1CC[C@H](C)C2. The molecule has 3 atom stereocenters. The standard InChI is InChI=1S/C23H34N2O5S/c1-5-29-22(27)16-8-7-11-25(13-16)15(4)20(26)24-21-19(23(28)30-6-2)17-10-9-14(3)12-18(17)31-21/h14-16H,5-13H2,1-4H3,(H,24,26)/t14-,15-,16-/m0/s1. The maximum atomic E-state index is 13.1. The number of likely N-dealkylation sites (tertiary alicyclic amines) is 1. The average molecular weight is 451 g/mol. The number of rotatable bonds is 7. The van der Waals surface area contributed by atoms with Crippen molar-refractivity contribution in [3.05, 3.63) is 16.0 Å². The van der Waals surface area contributed by atoms with Gasteiger partial charge in [-0.3, -0.25) is 14.5 Å². The number of fused-ring (bicyclic) bond motifs is 1. The Bertz CT molecular complexity index is 821. The van der Waals surface area contributed by atoms with E-state index in [9.17, 15) is 14.4 Å². The summed E-state index contributed by atoms with van der Waals surface area (Å²) in [6.45, 7) is 9.58. The van der Waals surface area contributed by atoms with E-state index >= 15 is 0 Å². The number of nitrogens with one attached hydrogen (secondary N) is 1. The van der Waals surface area contributed by atoms with E-state index in [2.05, 4.69) is 12.2 Å². The number of carbonyl (C=O) groups is 3. The fourth-order valence-electron chi connectivity index (χ4n) is 4.45. The molecule has 2 aliphatic rings. The van der Waals surface area contributed by atoms with Crippen LogP contribution in [0.25, 0.3) is 0 Å². The Kier molecular flexibility index (Phi) is 8.11. The molecule has 3 rings (SSSR count). The van der Waals surface area contributed by atoms with E-state index in [1.807, 2.05) is 11.8 Å². The summed E-state index contributed by atoms with van der Waals surface area (Å²) >= 11 is 1.50. The van der Waals surface area contributed by atoms with Crippen molar-refractivity contribution in [1.29, 1.82) is 0 Å². The molecule has 1 aliphatic heterocycles. The molecule has 0 aromatic carbocycles. The van der Waals surface area contributed by atoms with Crippen LogP contribution in [0.4, 0.5) is 5.00 Å². The van der Waals surface area contributed by atoms with E-state index in [4.69, 9.17) is 9.47 Å². The van der Waals surface area contributed by atoms with Crippen LogP contribution in [0.5, 0.6) is 0 Å². The lowest BCUT2D eigenvalue weighted by atomic mass is 9.88. The normalized spacial score (nSPS) is 22.3. The number of hydrogen-bond donors (Lipinski definition) is 1. The number of nitrogens with zero attached hydrogens (tertiary/aromatic N) is 1. The second kappa shape index (κ2) is 10.6. The van der Waals surface area contributed by atoms with Crippen LogP contribution in [0, 0.1) is 11.8 Å². The molecule has 1 aliphatic carbocycles. The topological polar surface area (TPSA) is 84.9 Å². The number of piperidine rings is 1. The number of esters is 2. The number of carbonyl (C=O) groups excluding carboxylic acids is 3. The third kappa shape index (κ3) is 5.47. The van der Waals surface area contributed by atoms with Crippen LogP contribution in [0.2, 0.25) is 0 Å². The zero-order chi connectivity index (χ0) is 22.5. The third-order valence-electron chi connectivity index (χ3n) is 6.23. The second-order valence-electron chi connectivity index (χ2n) is 8.53. The molecule has 0 unspecified atom stereocenters. The molecule has 172 valence electrons. The minimum Gasteiger partial charge on any atom is -0.466 e. The van der Waals surface area contributed by atoms with E-state index in [-0.39, 0.29) is 23.8 Å². The quantitative estimate of drug-likeness (QED) is 0.639. The first kappa shape index (κ1) is 23.7. The highest BCUT2D eigenvalue weighted by Gasteiger charge is 2.33. The van der Waals surface area contributed by atoms with Crippen molar-refractivity contribution < 1.29 is 23.9 Å². The molecule has 1 amide bonds. The molecule has 0 spiro atoms. The highest BCUT2D eigenvalue weighted by Crippen LogP contribution is 2.40. The van der Waals surface area contributed by atoms with Crippen molar-refractivity contribution in [3.63, 3.8) is 0 Å². The van der Waals surface area contributed by atoms with Gasteiger partial charge in [0.05, 0.1) is 30.7 Å². The number of anilines is 1. The molecular weight excluding hydrogens is 416 g/mol. The molecule has 0 bridgehead atoms. The molecule has 0 radical (unpaired) electrons. The van der Waals surface area contributed by atoms with Crippen molar-refractivity contribution in [2.45, 2.75) is 65.8 Å². The molecule has 1 aromatic rings. The summed E-state index contributed by atoms with van der Waals surface area (Å²) in [5.41, 5.74) is 1.56. The van der Waals surface area contributed by atoms with Crippen LogP contribution >= 0.6 is 11.3 Å². The van der Waals surface area contributed by atoms with Crippen LogP contribution in [0.3, 0.4) is 0 Å². The maximum Gasteiger partial charge on any atom is 0.341 e. The Morgan fingerprint density at radius 3 is 2.65 bits per heavy atom. The number of ether oxygens (including phenoxy) is 2. The molecule has 7 nitrogen and oxygen atoms in total. The molecule has 8 heteroatoms. The molecular formula is C23H34N2O5S. The summed E-state index contributed by atoms with van der Waals surface area (Å²) in [5, 5.41) is 3.60. The fourth-order valence-corrected chi connectivity index (χ4v) is 5.85. The highest BCUT2D eigenvalue weighted by molar-refractivity contribution is 7.17. The van der Waals surface area contributed by atoms with Gasteiger partial charge in [-0.15, -0.1) is 11.3 Å². The zero-order valence-electron chi connectivity index (χ0n) is 19.0. The third-order valence-corrected chi connectivity index (χ3v) is 7.40. The van der Waals surface area contributed by atoms with Crippen LogP contribution in [0.15, 0.2) is 0 Å². The number of thiophene rings is 1. The number of hydrogen-bond acceptors (Lipinski definition) is 7. The summed E-state index contributed by atoms with van der Waals surface area (Å²) < 4.78 is 10.5. The predicted octanol–water partition coefficient (Wildman–Crippen LogP) is 3.65. The Labute approximate surface area is 188 Å². The van der Waals surface area contributed by atoms with E-state index in [1.54, 1.807) is 13.8 Å². The Hall–Kier alpha value is -1.93. The van der Waals surface area contributed by atoms with Gasteiger partial charge in [0.25, 0.3) is 0 Å². The van der Waals surface area contributed by atoms with Crippen molar-refractivity contribution in [2.24, 2.45) is 11.8 Å². The van der Waals surface area contributed by atoms with E-state index in [0.29, 0.717) is 36.2 Å². The first-order valence-electron chi connectivity index (χ1n) is 11.4. The van der Waals surface area contributed by atoms with Gasteiger partial charge in [0.15, 0.2) is 0 Å². The summed E-state index contributed by atoms with van der Waals surface area (Å²) in [7, 11) is 0. The molecule has 0 saturated carbocycles. The smallest absolute Gasteiger partial charge is 0.341 e. The molecule has 2 heterocycles. The number of amides is 1. The van der Waals surface area contributed by atoms with Gasteiger partial charge in [-0.1, -0.05) is 6.92 Å². The summed E-state index contributed by atoms with van der Waals surface area (Å²) in [6, 6.07) is -0.412. The van der Waals surface area contributed by atoms with Crippen LogP contribution in [-0.4, -0.2) is 55.1 Å². The molecule has 1 fully saturated rings. The van der Waals surface area contributed by atoms with Gasteiger partial charge in [0, 0.05) is 11.4 Å². The maximum absolute atomic E-state index is 13.1. The van der Waals surface area contributed by atoms with E-state index < -0.39 is 6.04 Å². The first-order valence-corrected chi connectivity index (χ1v) is 12.2. The minimum atomic E-state index is -0.412. The minimum absolute atomic E-state index is 0.165. The lowest BCUT2D eigenvalue weighted by Crippen LogP contribution is -2.48. The average Bonchev–Trinajstić information content (AvgIpc) is 3.10. The summed E-state index contributed by atoms with van der Waals surface area (Å²) in [5.74, 6) is -0.351. The predicted molar refractivity (Wildman–Crippen MR) is 120 cm³/mol. The largest absolute Gasteiger partial charge is 0.466 e. The Balaban J connectivity index is 1.75. The highest BCUT2D eigenvalue weighted by atomic mass is 32.1.